The smallest absolute Gasteiger partial charge is 0.193 e. The molecule has 2 heterocycles. The van der Waals surface area contributed by atoms with Gasteiger partial charge in [-0.1, -0.05) is 65.8 Å². The third-order valence-electron chi connectivity index (χ3n) is 4.57. The van der Waals surface area contributed by atoms with Crippen molar-refractivity contribution in [3.8, 4) is 0 Å². The van der Waals surface area contributed by atoms with E-state index in [4.69, 9.17) is 4.84 Å². The minimum Gasteiger partial charge on any atom is -0.375 e. The SMILES string of the molecule is c1ccc(C2=NO[C@H](N3CCCC3)[C@H]2c2ccccc2)cc1. The fourth-order valence-electron chi connectivity index (χ4n) is 3.46. The van der Waals surface area contributed by atoms with Crippen LogP contribution in [0.1, 0.15) is 29.9 Å². The second kappa shape index (κ2) is 5.93. The number of hydrogen-bond donors (Lipinski definition) is 0. The molecule has 0 spiro atoms. The normalized spacial score (nSPS) is 25.0. The minimum absolute atomic E-state index is 0.0279. The zero-order valence-corrected chi connectivity index (χ0v) is 12.6. The van der Waals surface area contributed by atoms with Crippen molar-refractivity contribution >= 4 is 5.71 Å². The number of likely N-dealkylation sites (tertiary alicyclic amines) is 1. The molecule has 0 radical (unpaired) electrons. The molecule has 4 rings (SSSR count). The summed E-state index contributed by atoms with van der Waals surface area (Å²) < 4.78 is 0. The third kappa shape index (κ3) is 2.42. The van der Waals surface area contributed by atoms with Gasteiger partial charge in [0.1, 0.15) is 0 Å². The molecule has 2 aliphatic rings. The number of nitrogens with zero attached hydrogens (tertiary/aromatic N) is 2. The Balaban J connectivity index is 1.72. The van der Waals surface area contributed by atoms with E-state index in [1.165, 1.54) is 18.4 Å². The first-order chi connectivity index (χ1) is 10.9. The molecule has 3 heteroatoms. The number of rotatable bonds is 3. The van der Waals surface area contributed by atoms with E-state index in [0.717, 1.165) is 24.4 Å². The molecule has 0 aromatic heterocycles. The summed E-state index contributed by atoms with van der Waals surface area (Å²) in [5.74, 6) is 0.182. The Morgan fingerprint density at radius 2 is 1.50 bits per heavy atom. The monoisotopic (exact) mass is 292 g/mol. The second-order valence-electron chi connectivity index (χ2n) is 5.97. The van der Waals surface area contributed by atoms with Gasteiger partial charge in [0.05, 0.1) is 11.6 Å². The molecule has 2 aromatic carbocycles. The van der Waals surface area contributed by atoms with Crippen molar-refractivity contribution < 1.29 is 4.84 Å². The van der Waals surface area contributed by atoms with E-state index in [2.05, 4.69) is 64.7 Å². The van der Waals surface area contributed by atoms with Gasteiger partial charge in [-0.2, -0.15) is 0 Å². The maximum atomic E-state index is 5.88. The predicted octanol–water partition coefficient (Wildman–Crippen LogP) is 3.63. The molecule has 3 nitrogen and oxygen atoms in total. The molecule has 2 aliphatic heterocycles. The van der Waals surface area contributed by atoms with Crippen molar-refractivity contribution in [1.82, 2.24) is 4.90 Å². The van der Waals surface area contributed by atoms with Crippen LogP contribution in [0.3, 0.4) is 0 Å². The molecule has 0 bridgehead atoms. The Labute approximate surface area is 131 Å². The lowest BCUT2D eigenvalue weighted by atomic mass is 9.88. The van der Waals surface area contributed by atoms with Crippen LogP contribution in [0.2, 0.25) is 0 Å². The van der Waals surface area contributed by atoms with Crippen LogP contribution in [-0.2, 0) is 4.84 Å². The molecule has 1 fully saturated rings. The lowest BCUT2D eigenvalue weighted by molar-refractivity contribution is -0.0340. The van der Waals surface area contributed by atoms with E-state index in [9.17, 15) is 0 Å². The van der Waals surface area contributed by atoms with Crippen LogP contribution in [0.25, 0.3) is 0 Å². The molecular weight excluding hydrogens is 272 g/mol. The second-order valence-corrected chi connectivity index (χ2v) is 5.97. The van der Waals surface area contributed by atoms with Gasteiger partial charge >= 0.3 is 0 Å². The van der Waals surface area contributed by atoms with Crippen LogP contribution >= 0.6 is 0 Å². The summed E-state index contributed by atoms with van der Waals surface area (Å²) in [6, 6.07) is 21.0. The highest BCUT2D eigenvalue weighted by molar-refractivity contribution is 6.06. The van der Waals surface area contributed by atoms with Gasteiger partial charge in [0.2, 0.25) is 0 Å². The summed E-state index contributed by atoms with van der Waals surface area (Å²) in [7, 11) is 0. The van der Waals surface area contributed by atoms with Gasteiger partial charge in [-0.25, -0.2) is 0 Å². The highest BCUT2D eigenvalue weighted by Crippen LogP contribution is 2.35. The molecule has 1 saturated heterocycles. The van der Waals surface area contributed by atoms with Gasteiger partial charge in [-0.15, -0.1) is 0 Å². The van der Waals surface area contributed by atoms with Crippen molar-refractivity contribution in [2.75, 3.05) is 13.1 Å². The quantitative estimate of drug-likeness (QED) is 0.863. The molecule has 2 atom stereocenters. The van der Waals surface area contributed by atoms with Crippen LogP contribution < -0.4 is 0 Å². The average molecular weight is 292 g/mol. The predicted molar refractivity (Wildman–Crippen MR) is 87.8 cm³/mol. The fraction of sp³-hybridized carbons (Fsp3) is 0.316. The Hall–Kier alpha value is -2.13. The largest absolute Gasteiger partial charge is 0.375 e. The van der Waals surface area contributed by atoms with Gasteiger partial charge < -0.3 is 4.84 Å². The Kier molecular flexibility index (Phi) is 3.65. The molecule has 0 saturated carbocycles. The highest BCUT2D eigenvalue weighted by Gasteiger charge is 2.40. The molecule has 2 aromatic rings. The highest BCUT2D eigenvalue weighted by atomic mass is 16.7. The Bertz CT molecular complexity index is 648. The number of oxime groups is 1. The first kappa shape index (κ1) is 13.5. The van der Waals surface area contributed by atoms with Crippen molar-refractivity contribution in [3.63, 3.8) is 0 Å². The third-order valence-corrected chi connectivity index (χ3v) is 4.57. The zero-order chi connectivity index (χ0) is 14.8. The van der Waals surface area contributed by atoms with Crippen LogP contribution in [0, 0.1) is 0 Å². The summed E-state index contributed by atoms with van der Waals surface area (Å²) in [6.45, 7) is 2.21. The van der Waals surface area contributed by atoms with E-state index in [0.29, 0.717) is 0 Å². The molecule has 0 unspecified atom stereocenters. The van der Waals surface area contributed by atoms with Crippen LogP contribution in [0.4, 0.5) is 0 Å². The van der Waals surface area contributed by atoms with Gasteiger partial charge in [0.25, 0.3) is 0 Å². The zero-order valence-electron chi connectivity index (χ0n) is 12.6. The minimum atomic E-state index is 0.0279. The van der Waals surface area contributed by atoms with Gasteiger partial charge in [0.15, 0.2) is 6.23 Å². The first-order valence-electron chi connectivity index (χ1n) is 8.01. The summed E-state index contributed by atoms with van der Waals surface area (Å²) >= 11 is 0. The summed E-state index contributed by atoms with van der Waals surface area (Å²) in [6.07, 6.45) is 2.53. The van der Waals surface area contributed by atoms with Gasteiger partial charge in [-0.3, -0.25) is 4.90 Å². The van der Waals surface area contributed by atoms with E-state index < -0.39 is 0 Å². The van der Waals surface area contributed by atoms with E-state index >= 15 is 0 Å². The lowest BCUT2D eigenvalue weighted by Gasteiger charge is -2.27. The van der Waals surface area contributed by atoms with Crippen molar-refractivity contribution in [2.45, 2.75) is 25.0 Å². The van der Waals surface area contributed by atoms with Crippen molar-refractivity contribution in [3.05, 3.63) is 71.8 Å². The maximum absolute atomic E-state index is 5.88. The van der Waals surface area contributed by atoms with E-state index in [1.807, 2.05) is 6.07 Å². The molecule has 0 aliphatic carbocycles. The van der Waals surface area contributed by atoms with Crippen LogP contribution in [0.15, 0.2) is 65.8 Å². The lowest BCUT2D eigenvalue weighted by Crippen LogP contribution is -2.38. The summed E-state index contributed by atoms with van der Waals surface area (Å²) in [5, 5.41) is 4.46. The average Bonchev–Trinajstić information content (AvgIpc) is 3.25. The van der Waals surface area contributed by atoms with Gasteiger partial charge in [0, 0.05) is 18.7 Å². The van der Waals surface area contributed by atoms with Crippen molar-refractivity contribution in [1.29, 1.82) is 0 Å². The molecule has 0 N–H and O–H groups in total. The fourth-order valence-corrected chi connectivity index (χ4v) is 3.46. The maximum Gasteiger partial charge on any atom is 0.193 e. The van der Waals surface area contributed by atoms with E-state index in [-0.39, 0.29) is 12.1 Å². The molecule has 0 amide bonds. The summed E-state index contributed by atoms with van der Waals surface area (Å²) in [4.78, 5) is 8.31. The molecule has 112 valence electrons. The van der Waals surface area contributed by atoms with Gasteiger partial charge in [-0.05, 0) is 18.4 Å². The summed E-state index contributed by atoms with van der Waals surface area (Å²) in [5.41, 5.74) is 3.47. The van der Waals surface area contributed by atoms with Crippen LogP contribution in [-0.4, -0.2) is 29.9 Å². The number of benzene rings is 2. The van der Waals surface area contributed by atoms with Crippen LogP contribution in [0.5, 0.6) is 0 Å². The number of hydrogen-bond acceptors (Lipinski definition) is 3. The van der Waals surface area contributed by atoms with E-state index in [1.54, 1.807) is 0 Å². The first-order valence-corrected chi connectivity index (χ1v) is 8.01. The molecule has 22 heavy (non-hydrogen) atoms. The Morgan fingerprint density at radius 3 is 2.18 bits per heavy atom. The standard InChI is InChI=1S/C19H20N2O/c1-3-9-15(10-4-1)17-18(16-11-5-2-6-12-16)20-22-19(17)21-13-7-8-14-21/h1-6,9-12,17,19H,7-8,13-14H2/t17-,19-/m0/s1. The van der Waals surface area contributed by atoms with Crippen molar-refractivity contribution in [2.24, 2.45) is 5.16 Å². The topological polar surface area (TPSA) is 24.8 Å². The Morgan fingerprint density at radius 1 is 0.864 bits per heavy atom. The molecular formula is C19H20N2O.